The summed E-state index contributed by atoms with van der Waals surface area (Å²) in [6, 6.07) is 8.97. The van der Waals surface area contributed by atoms with Crippen LogP contribution in [0.3, 0.4) is 0 Å². The fraction of sp³-hybridized carbons (Fsp3) is 0.154. The third-order valence-electron chi connectivity index (χ3n) is 2.51. The lowest BCUT2D eigenvalue weighted by Gasteiger charge is -2.17. The summed E-state index contributed by atoms with van der Waals surface area (Å²) in [5, 5.41) is 11.7. The van der Waals surface area contributed by atoms with E-state index in [4.69, 9.17) is 0 Å². The van der Waals surface area contributed by atoms with Gasteiger partial charge >= 0.3 is 0 Å². The number of halogens is 1. The van der Waals surface area contributed by atoms with Crippen molar-refractivity contribution in [3.63, 3.8) is 0 Å². The molecule has 94 valence electrons. The van der Waals surface area contributed by atoms with E-state index in [9.17, 15) is 9.90 Å². The molecular weight excluding hydrogens is 361 g/mol. The maximum Gasteiger partial charge on any atom is 0.257 e. The lowest BCUT2D eigenvalue weighted by Crippen LogP contribution is -2.25. The highest BCUT2D eigenvalue weighted by Crippen LogP contribution is 2.22. The van der Waals surface area contributed by atoms with Crippen molar-refractivity contribution in [3.05, 3.63) is 49.7 Å². The first kappa shape index (κ1) is 13.4. The number of amides is 1. The van der Waals surface area contributed by atoms with Crippen LogP contribution in [0, 0.1) is 3.57 Å². The Morgan fingerprint density at radius 3 is 2.89 bits per heavy atom. The van der Waals surface area contributed by atoms with Gasteiger partial charge in [-0.05, 0) is 52.2 Å². The van der Waals surface area contributed by atoms with Crippen molar-refractivity contribution >= 4 is 39.8 Å². The molecule has 0 saturated heterocycles. The molecule has 0 aliphatic carbocycles. The Balaban J connectivity index is 2.17. The van der Waals surface area contributed by atoms with Crippen LogP contribution < -0.4 is 0 Å². The van der Waals surface area contributed by atoms with Crippen molar-refractivity contribution in [1.29, 1.82) is 0 Å². The van der Waals surface area contributed by atoms with Crippen LogP contribution >= 0.6 is 33.9 Å². The van der Waals surface area contributed by atoms with Gasteiger partial charge < -0.3 is 10.0 Å². The van der Waals surface area contributed by atoms with Gasteiger partial charge in [0.1, 0.15) is 5.75 Å². The highest BCUT2D eigenvalue weighted by molar-refractivity contribution is 14.1. The van der Waals surface area contributed by atoms with Gasteiger partial charge in [0.2, 0.25) is 0 Å². The summed E-state index contributed by atoms with van der Waals surface area (Å²) in [6.45, 7) is 0.557. The molecule has 0 saturated carbocycles. The molecule has 0 atom stereocenters. The lowest BCUT2D eigenvalue weighted by atomic mass is 10.2. The molecule has 1 aromatic carbocycles. The van der Waals surface area contributed by atoms with E-state index in [1.165, 1.54) is 0 Å². The van der Waals surface area contributed by atoms with E-state index in [-0.39, 0.29) is 11.7 Å². The highest BCUT2D eigenvalue weighted by Gasteiger charge is 2.16. The van der Waals surface area contributed by atoms with Crippen molar-refractivity contribution in [2.45, 2.75) is 6.54 Å². The standard InChI is InChI=1S/C13H12INO2S/c1-15(8-10-3-2-6-18-10)13(17)11-7-9(14)4-5-12(11)16/h2-7,16H,8H2,1H3. The maximum absolute atomic E-state index is 12.2. The van der Waals surface area contributed by atoms with Crippen LogP contribution in [-0.4, -0.2) is 23.0 Å². The number of benzene rings is 1. The summed E-state index contributed by atoms with van der Waals surface area (Å²) in [5.74, 6) is -0.141. The first-order valence-electron chi connectivity index (χ1n) is 5.34. The van der Waals surface area contributed by atoms with E-state index in [0.717, 1.165) is 8.45 Å². The van der Waals surface area contributed by atoms with E-state index < -0.39 is 0 Å². The van der Waals surface area contributed by atoms with Gasteiger partial charge in [0.15, 0.2) is 0 Å². The van der Waals surface area contributed by atoms with Gasteiger partial charge in [-0.25, -0.2) is 0 Å². The molecule has 1 aromatic heterocycles. The van der Waals surface area contributed by atoms with Crippen LogP contribution in [0.2, 0.25) is 0 Å². The minimum atomic E-state index is -0.167. The number of thiophene rings is 1. The van der Waals surface area contributed by atoms with Crippen LogP contribution in [-0.2, 0) is 6.54 Å². The van der Waals surface area contributed by atoms with E-state index >= 15 is 0 Å². The lowest BCUT2D eigenvalue weighted by molar-refractivity contribution is 0.0783. The second-order valence-corrected chi connectivity index (χ2v) is 6.18. The molecule has 5 heteroatoms. The molecule has 0 aliphatic heterocycles. The van der Waals surface area contributed by atoms with Crippen LogP contribution in [0.25, 0.3) is 0 Å². The summed E-state index contributed by atoms with van der Waals surface area (Å²) < 4.78 is 0.929. The highest BCUT2D eigenvalue weighted by atomic mass is 127. The minimum Gasteiger partial charge on any atom is -0.507 e. The molecule has 0 radical (unpaired) electrons. The predicted molar refractivity (Wildman–Crippen MR) is 80.9 cm³/mol. The zero-order chi connectivity index (χ0) is 13.1. The first-order chi connectivity index (χ1) is 8.58. The number of carbonyl (C=O) groups is 1. The van der Waals surface area contributed by atoms with Crippen LogP contribution in [0.1, 0.15) is 15.2 Å². The summed E-state index contributed by atoms with van der Waals surface area (Å²) in [6.07, 6.45) is 0. The second-order valence-electron chi connectivity index (χ2n) is 3.90. The molecule has 2 rings (SSSR count). The molecule has 0 spiro atoms. The molecule has 0 fully saturated rings. The molecular formula is C13H12INO2S. The van der Waals surface area contributed by atoms with Crippen molar-refractivity contribution in [2.24, 2.45) is 0 Å². The molecule has 1 amide bonds. The fourth-order valence-electron chi connectivity index (χ4n) is 1.59. The smallest absolute Gasteiger partial charge is 0.257 e. The second kappa shape index (κ2) is 5.71. The van der Waals surface area contributed by atoms with Crippen LogP contribution in [0.5, 0.6) is 5.75 Å². The minimum absolute atomic E-state index is 0.0263. The largest absolute Gasteiger partial charge is 0.507 e. The number of carbonyl (C=O) groups excluding carboxylic acids is 1. The quantitative estimate of drug-likeness (QED) is 0.839. The Hall–Kier alpha value is -1.08. The maximum atomic E-state index is 12.2. The van der Waals surface area contributed by atoms with Gasteiger partial charge in [-0.1, -0.05) is 6.07 Å². The number of rotatable bonds is 3. The van der Waals surface area contributed by atoms with E-state index in [1.54, 1.807) is 41.5 Å². The summed E-state index contributed by atoms with van der Waals surface area (Å²) in [4.78, 5) is 14.9. The topological polar surface area (TPSA) is 40.5 Å². The van der Waals surface area contributed by atoms with Gasteiger partial charge in [-0.3, -0.25) is 4.79 Å². The fourth-order valence-corrected chi connectivity index (χ4v) is 2.84. The Labute approximate surface area is 123 Å². The molecule has 0 unspecified atom stereocenters. The number of hydrogen-bond acceptors (Lipinski definition) is 3. The van der Waals surface area contributed by atoms with Gasteiger partial charge in [-0.2, -0.15) is 0 Å². The van der Waals surface area contributed by atoms with Crippen molar-refractivity contribution < 1.29 is 9.90 Å². The average molecular weight is 373 g/mol. The van der Waals surface area contributed by atoms with E-state index in [0.29, 0.717) is 12.1 Å². The Morgan fingerprint density at radius 1 is 1.44 bits per heavy atom. The SMILES string of the molecule is CN(Cc1cccs1)C(=O)c1cc(I)ccc1O. The van der Waals surface area contributed by atoms with E-state index in [1.807, 2.05) is 17.5 Å². The number of phenolic OH excluding ortho intramolecular Hbond substituents is 1. The predicted octanol–water partition coefficient (Wildman–Crippen LogP) is 3.33. The first-order valence-corrected chi connectivity index (χ1v) is 7.30. The molecule has 0 aliphatic rings. The molecule has 3 nitrogen and oxygen atoms in total. The monoisotopic (exact) mass is 373 g/mol. The average Bonchev–Trinajstić information content (AvgIpc) is 2.84. The Bertz CT molecular complexity index is 554. The summed E-state index contributed by atoms with van der Waals surface area (Å²) in [7, 11) is 1.74. The zero-order valence-electron chi connectivity index (χ0n) is 9.76. The van der Waals surface area contributed by atoms with Gasteiger partial charge in [0.05, 0.1) is 12.1 Å². The molecule has 1 heterocycles. The molecule has 2 aromatic rings. The zero-order valence-corrected chi connectivity index (χ0v) is 12.7. The van der Waals surface area contributed by atoms with Gasteiger partial charge in [0, 0.05) is 15.5 Å². The number of aromatic hydroxyl groups is 1. The normalized spacial score (nSPS) is 10.3. The van der Waals surface area contributed by atoms with Crippen LogP contribution in [0.15, 0.2) is 35.7 Å². The number of hydrogen-bond donors (Lipinski definition) is 1. The van der Waals surface area contributed by atoms with Crippen molar-refractivity contribution in [2.75, 3.05) is 7.05 Å². The number of nitrogens with zero attached hydrogens (tertiary/aromatic N) is 1. The molecule has 0 bridgehead atoms. The molecule has 1 N–H and O–H groups in total. The number of phenols is 1. The van der Waals surface area contributed by atoms with E-state index in [2.05, 4.69) is 22.6 Å². The summed E-state index contributed by atoms with van der Waals surface area (Å²) >= 11 is 3.74. The summed E-state index contributed by atoms with van der Waals surface area (Å²) in [5.41, 5.74) is 0.348. The van der Waals surface area contributed by atoms with Crippen LogP contribution in [0.4, 0.5) is 0 Å². The van der Waals surface area contributed by atoms with Gasteiger partial charge in [0.25, 0.3) is 5.91 Å². The Morgan fingerprint density at radius 2 is 2.22 bits per heavy atom. The van der Waals surface area contributed by atoms with Crippen molar-refractivity contribution in [1.82, 2.24) is 4.90 Å². The third kappa shape index (κ3) is 3.02. The Kier molecular flexibility index (Phi) is 4.23. The van der Waals surface area contributed by atoms with Gasteiger partial charge in [-0.15, -0.1) is 11.3 Å². The molecule has 18 heavy (non-hydrogen) atoms. The third-order valence-corrected chi connectivity index (χ3v) is 4.04. The van der Waals surface area contributed by atoms with Crippen molar-refractivity contribution in [3.8, 4) is 5.75 Å².